The molecule has 2 N–H and O–H groups in total. The summed E-state index contributed by atoms with van der Waals surface area (Å²) in [5.41, 5.74) is 0.441. The maximum atomic E-state index is 13.5. The van der Waals surface area contributed by atoms with E-state index >= 15 is 0 Å². The molecule has 5 heteroatoms. The maximum absolute atomic E-state index is 13.5. The van der Waals surface area contributed by atoms with E-state index in [4.69, 9.17) is 16.7 Å². The average molecular weight is 244 g/mol. The van der Waals surface area contributed by atoms with E-state index in [1.165, 1.54) is 12.1 Å². The SMILES string of the molecule is O=C(O)[C@H]1CC[C@@H](c2cc(Cl)ccc2F)N1. The molecule has 1 aliphatic rings. The Labute approximate surface area is 97.2 Å². The minimum absolute atomic E-state index is 0.264. The van der Waals surface area contributed by atoms with Gasteiger partial charge < -0.3 is 5.11 Å². The molecule has 1 saturated heterocycles. The summed E-state index contributed by atoms with van der Waals surface area (Å²) in [5.74, 6) is -1.25. The summed E-state index contributed by atoms with van der Waals surface area (Å²) in [5, 5.41) is 12.2. The summed E-state index contributed by atoms with van der Waals surface area (Å²) in [6.07, 6.45) is 1.11. The molecule has 0 amide bonds. The van der Waals surface area contributed by atoms with Crippen molar-refractivity contribution in [3.8, 4) is 0 Å². The zero-order valence-corrected chi connectivity index (χ0v) is 9.17. The largest absolute Gasteiger partial charge is 0.480 e. The van der Waals surface area contributed by atoms with Gasteiger partial charge in [0.15, 0.2) is 0 Å². The first kappa shape index (κ1) is 11.4. The van der Waals surface area contributed by atoms with Gasteiger partial charge in [0.1, 0.15) is 11.9 Å². The second-order valence-electron chi connectivity index (χ2n) is 3.85. The summed E-state index contributed by atoms with van der Waals surface area (Å²) >= 11 is 5.78. The van der Waals surface area contributed by atoms with Gasteiger partial charge in [0.05, 0.1) is 0 Å². The zero-order valence-electron chi connectivity index (χ0n) is 8.41. The summed E-state index contributed by atoms with van der Waals surface area (Å²) in [6.45, 7) is 0. The lowest BCUT2D eigenvalue weighted by Crippen LogP contribution is -2.32. The highest BCUT2D eigenvalue weighted by Crippen LogP contribution is 2.30. The number of carbonyl (C=O) groups is 1. The van der Waals surface area contributed by atoms with Crippen LogP contribution in [0.4, 0.5) is 4.39 Å². The van der Waals surface area contributed by atoms with Crippen molar-refractivity contribution in [2.75, 3.05) is 0 Å². The Morgan fingerprint density at radius 1 is 1.50 bits per heavy atom. The van der Waals surface area contributed by atoms with E-state index in [2.05, 4.69) is 5.32 Å². The number of carboxylic acids is 1. The van der Waals surface area contributed by atoms with Crippen LogP contribution in [0.15, 0.2) is 18.2 Å². The fourth-order valence-corrected chi connectivity index (χ4v) is 2.15. The van der Waals surface area contributed by atoms with E-state index in [0.29, 0.717) is 23.4 Å². The first-order valence-corrected chi connectivity index (χ1v) is 5.39. The third kappa shape index (κ3) is 2.18. The van der Waals surface area contributed by atoms with E-state index in [-0.39, 0.29) is 11.9 Å². The van der Waals surface area contributed by atoms with Crippen LogP contribution in [0.25, 0.3) is 0 Å². The van der Waals surface area contributed by atoms with E-state index in [0.717, 1.165) is 0 Å². The molecule has 1 fully saturated rings. The van der Waals surface area contributed by atoms with Crippen molar-refractivity contribution < 1.29 is 14.3 Å². The average Bonchev–Trinajstić information content (AvgIpc) is 2.70. The third-order valence-corrected chi connectivity index (χ3v) is 3.01. The minimum atomic E-state index is -0.898. The minimum Gasteiger partial charge on any atom is -0.480 e. The van der Waals surface area contributed by atoms with Gasteiger partial charge in [0, 0.05) is 16.6 Å². The predicted octanol–water partition coefficient (Wildman–Crippen LogP) is 2.36. The monoisotopic (exact) mass is 243 g/mol. The molecule has 1 heterocycles. The Hall–Kier alpha value is -1.13. The first-order valence-electron chi connectivity index (χ1n) is 5.01. The second kappa shape index (κ2) is 4.39. The van der Waals surface area contributed by atoms with Crippen LogP contribution < -0.4 is 5.32 Å². The summed E-state index contributed by atoms with van der Waals surface area (Å²) in [4.78, 5) is 10.7. The lowest BCUT2D eigenvalue weighted by molar-refractivity contribution is -0.139. The van der Waals surface area contributed by atoms with Crippen molar-refractivity contribution in [2.24, 2.45) is 0 Å². The Kier molecular flexibility index (Phi) is 3.12. The van der Waals surface area contributed by atoms with Gasteiger partial charge in [-0.3, -0.25) is 10.1 Å². The topological polar surface area (TPSA) is 49.3 Å². The van der Waals surface area contributed by atoms with E-state index in [9.17, 15) is 9.18 Å². The Morgan fingerprint density at radius 3 is 2.88 bits per heavy atom. The van der Waals surface area contributed by atoms with Gasteiger partial charge >= 0.3 is 5.97 Å². The van der Waals surface area contributed by atoms with Gasteiger partial charge in [0.25, 0.3) is 0 Å². The molecule has 1 aromatic carbocycles. The van der Waals surface area contributed by atoms with E-state index < -0.39 is 12.0 Å². The van der Waals surface area contributed by atoms with Crippen LogP contribution in [0.3, 0.4) is 0 Å². The second-order valence-corrected chi connectivity index (χ2v) is 4.29. The normalized spacial score (nSPS) is 24.6. The molecule has 1 aliphatic heterocycles. The van der Waals surface area contributed by atoms with Gasteiger partial charge in [0.2, 0.25) is 0 Å². The number of carboxylic acid groups (broad SMARTS) is 1. The molecule has 0 radical (unpaired) electrons. The molecule has 0 aliphatic carbocycles. The molecule has 0 bridgehead atoms. The van der Waals surface area contributed by atoms with Crippen LogP contribution in [0.1, 0.15) is 24.4 Å². The molecule has 0 saturated carbocycles. The van der Waals surface area contributed by atoms with Crippen molar-refractivity contribution in [2.45, 2.75) is 24.9 Å². The molecular weight excluding hydrogens is 233 g/mol. The van der Waals surface area contributed by atoms with Crippen molar-refractivity contribution in [1.29, 1.82) is 0 Å². The number of rotatable bonds is 2. The van der Waals surface area contributed by atoms with Crippen LogP contribution in [0, 0.1) is 5.82 Å². The number of hydrogen-bond donors (Lipinski definition) is 2. The van der Waals surface area contributed by atoms with Crippen LogP contribution in [-0.2, 0) is 4.79 Å². The van der Waals surface area contributed by atoms with Gasteiger partial charge in [-0.05, 0) is 31.0 Å². The number of hydrogen-bond acceptors (Lipinski definition) is 2. The highest BCUT2D eigenvalue weighted by molar-refractivity contribution is 6.30. The van der Waals surface area contributed by atoms with Crippen molar-refractivity contribution in [3.05, 3.63) is 34.6 Å². The highest BCUT2D eigenvalue weighted by Gasteiger charge is 2.30. The molecule has 2 atom stereocenters. The van der Waals surface area contributed by atoms with Crippen LogP contribution in [-0.4, -0.2) is 17.1 Å². The molecule has 2 rings (SSSR count). The van der Waals surface area contributed by atoms with Crippen LogP contribution in [0.5, 0.6) is 0 Å². The molecule has 16 heavy (non-hydrogen) atoms. The smallest absolute Gasteiger partial charge is 0.320 e. The summed E-state index contributed by atoms with van der Waals surface area (Å²) < 4.78 is 13.5. The van der Waals surface area contributed by atoms with Crippen LogP contribution >= 0.6 is 11.6 Å². The quantitative estimate of drug-likeness (QED) is 0.838. The number of nitrogens with one attached hydrogen (secondary N) is 1. The number of benzene rings is 1. The lowest BCUT2D eigenvalue weighted by Gasteiger charge is -2.13. The summed E-state index contributed by atoms with van der Waals surface area (Å²) in [6, 6.07) is 3.46. The molecule has 3 nitrogen and oxygen atoms in total. The fourth-order valence-electron chi connectivity index (χ4n) is 1.96. The molecule has 0 aromatic heterocycles. The highest BCUT2D eigenvalue weighted by atomic mass is 35.5. The van der Waals surface area contributed by atoms with E-state index in [1.807, 2.05) is 0 Å². The van der Waals surface area contributed by atoms with E-state index in [1.54, 1.807) is 6.07 Å². The van der Waals surface area contributed by atoms with Gasteiger partial charge in [-0.25, -0.2) is 4.39 Å². The molecule has 86 valence electrons. The van der Waals surface area contributed by atoms with Gasteiger partial charge in [-0.1, -0.05) is 11.6 Å². The number of halogens is 2. The fraction of sp³-hybridized carbons (Fsp3) is 0.364. The van der Waals surface area contributed by atoms with Gasteiger partial charge in [-0.2, -0.15) is 0 Å². The molecule has 0 unspecified atom stereocenters. The van der Waals surface area contributed by atoms with Gasteiger partial charge in [-0.15, -0.1) is 0 Å². The first-order chi connectivity index (χ1) is 7.58. The van der Waals surface area contributed by atoms with Crippen molar-refractivity contribution >= 4 is 17.6 Å². The molecule has 1 aromatic rings. The van der Waals surface area contributed by atoms with Crippen LogP contribution in [0.2, 0.25) is 5.02 Å². The van der Waals surface area contributed by atoms with Crippen molar-refractivity contribution in [3.63, 3.8) is 0 Å². The zero-order chi connectivity index (χ0) is 11.7. The Balaban J connectivity index is 2.20. The Morgan fingerprint density at radius 2 is 2.25 bits per heavy atom. The standard InChI is InChI=1S/C11H11ClFNO2/c12-6-1-2-8(13)7(5-6)9-3-4-10(14-9)11(15)16/h1-2,5,9-10,14H,3-4H2,(H,15,16)/t9-,10+/m0/s1. The number of aliphatic carboxylic acids is 1. The summed E-state index contributed by atoms with van der Waals surface area (Å²) in [7, 11) is 0. The maximum Gasteiger partial charge on any atom is 0.320 e. The predicted molar refractivity (Wildman–Crippen MR) is 57.9 cm³/mol. The molecule has 0 spiro atoms. The Bertz CT molecular complexity index is 424. The van der Waals surface area contributed by atoms with Crippen molar-refractivity contribution in [1.82, 2.24) is 5.32 Å². The molecular formula is C11H11ClFNO2. The lowest BCUT2D eigenvalue weighted by atomic mass is 10.0. The third-order valence-electron chi connectivity index (χ3n) is 2.78.